The molecule has 0 amide bonds. The van der Waals surface area contributed by atoms with Crippen molar-refractivity contribution in [2.24, 2.45) is 7.05 Å². The monoisotopic (exact) mass is 275 g/mol. The largest absolute Gasteiger partial charge is 0.313 e. The molecular weight excluding hydrogens is 250 g/mol. The molecule has 0 fully saturated rings. The SMILES string of the molecule is CCc1cc(CC(NC)c2cnn(C)c2C)n(CC)n1. The van der Waals surface area contributed by atoms with E-state index >= 15 is 0 Å². The second-order valence-corrected chi connectivity index (χ2v) is 5.15. The molecule has 0 spiro atoms. The van der Waals surface area contributed by atoms with Crippen molar-refractivity contribution in [2.45, 2.75) is 46.2 Å². The van der Waals surface area contributed by atoms with E-state index in [-0.39, 0.29) is 6.04 Å². The van der Waals surface area contributed by atoms with Gasteiger partial charge >= 0.3 is 0 Å². The third-order valence-electron chi connectivity index (χ3n) is 3.99. The zero-order valence-corrected chi connectivity index (χ0v) is 13.1. The maximum atomic E-state index is 4.62. The van der Waals surface area contributed by atoms with E-state index < -0.39 is 0 Å². The standard InChI is InChI=1S/C15H25N5/c1-6-12-8-13(20(7-2)18-12)9-15(16-4)14-10-17-19(5)11(14)3/h8,10,15-16H,6-7,9H2,1-5H3. The maximum absolute atomic E-state index is 4.62. The summed E-state index contributed by atoms with van der Waals surface area (Å²) in [5.41, 5.74) is 4.92. The van der Waals surface area contributed by atoms with Gasteiger partial charge in [-0.1, -0.05) is 6.92 Å². The van der Waals surface area contributed by atoms with E-state index in [4.69, 9.17) is 0 Å². The molecular formula is C15H25N5. The molecule has 2 aromatic rings. The van der Waals surface area contributed by atoms with Crippen LogP contribution in [0.2, 0.25) is 0 Å². The van der Waals surface area contributed by atoms with Crippen molar-refractivity contribution < 1.29 is 0 Å². The number of rotatable bonds is 6. The first-order chi connectivity index (χ1) is 9.60. The van der Waals surface area contributed by atoms with Gasteiger partial charge < -0.3 is 5.32 Å². The number of aromatic nitrogens is 4. The predicted octanol–water partition coefficient (Wildman–Crippen LogP) is 2.01. The first-order valence-corrected chi connectivity index (χ1v) is 7.32. The van der Waals surface area contributed by atoms with E-state index in [0.717, 1.165) is 19.4 Å². The van der Waals surface area contributed by atoms with Crippen molar-refractivity contribution in [1.82, 2.24) is 24.9 Å². The van der Waals surface area contributed by atoms with Gasteiger partial charge in [-0.2, -0.15) is 10.2 Å². The van der Waals surface area contributed by atoms with Crippen molar-refractivity contribution in [2.75, 3.05) is 7.05 Å². The fourth-order valence-corrected chi connectivity index (χ4v) is 2.56. The van der Waals surface area contributed by atoms with Gasteiger partial charge in [0.15, 0.2) is 0 Å². The molecule has 0 radical (unpaired) electrons. The number of hydrogen-bond acceptors (Lipinski definition) is 3. The fourth-order valence-electron chi connectivity index (χ4n) is 2.56. The Morgan fingerprint density at radius 3 is 2.60 bits per heavy atom. The van der Waals surface area contributed by atoms with E-state index in [1.807, 2.05) is 25.0 Å². The maximum Gasteiger partial charge on any atom is 0.0624 e. The molecule has 0 bridgehead atoms. The van der Waals surface area contributed by atoms with Crippen LogP contribution < -0.4 is 5.32 Å². The summed E-state index contributed by atoms with van der Waals surface area (Å²) in [6.45, 7) is 7.31. The lowest BCUT2D eigenvalue weighted by atomic mass is 10.0. The quantitative estimate of drug-likeness (QED) is 0.877. The third kappa shape index (κ3) is 2.77. The van der Waals surface area contributed by atoms with Gasteiger partial charge in [0.25, 0.3) is 0 Å². The fraction of sp³-hybridized carbons (Fsp3) is 0.600. The molecule has 5 heteroatoms. The second-order valence-electron chi connectivity index (χ2n) is 5.15. The number of nitrogens with zero attached hydrogens (tertiary/aromatic N) is 4. The summed E-state index contributed by atoms with van der Waals surface area (Å²) in [6, 6.07) is 2.50. The van der Waals surface area contributed by atoms with Gasteiger partial charge in [-0.05, 0) is 33.4 Å². The van der Waals surface area contributed by atoms with Gasteiger partial charge in [0.2, 0.25) is 0 Å². The van der Waals surface area contributed by atoms with Crippen LogP contribution in [0, 0.1) is 6.92 Å². The molecule has 0 aliphatic rings. The van der Waals surface area contributed by atoms with Crippen LogP contribution in [0.25, 0.3) is 0 Å². The Labute approximate surface area is 121 Å². The molecule has 110 valence electrons. The lowest BCUT2D eigenvalue weighted by molar-refractivity contribution is 0.538. The first-order valence-electron chi connectivity index (χ1n) is 7.32. The summed E-state index contributed by atoms with van der Waals surface area (Å²) in [5, 5.41) is 12.4. The van der Waals surface area contributed by atoms with Gasteiger partial charge in [0.1, 0.15) is 0 Å². The average Bonchev–Trinajstić information content (AvgIpc) is 3.01. The molecule has 1 N–H and O–H groups in total. The van der Waals surface area contributed by atoms with Crippen LogP contribution >= 0.6 is 0 Å². The Kier molecular flexibility index (Phi) is 4.60. The van der Waals surface area contributed by atoms with Crippen molar-refractivity contribution in [3.8, 4) is 0 Å². The summed E-state index contributed by atoms with van der Waals surface area (Å²) >= 11 is 0. The van der Waals surface area contributed by atoms with Crippen LogP contribution in [0.15, 0.2) is 12.3 Å². The molecule has 5 nitrogen and oxygen atoms in total. The van der Waals surface area contributed by atoms with Crippen LogP contribution in [0.5, 0.6) is 0 Å². The van der Waals surface area contributed by atoms with E-state index in [1.54, 1.807) is 0 Å². The summed E-state index contributed by atoms with van der Waals surface area (Å²) in [4.78, 5) is 0. The number of hydrogen-bond donors (Lipinski definition) is 1. The molecule has 20 heavy (non-hydrogen) atoms. The molecule has 2 heterocycles. The van der Waals surface area contributed by atoms with Crippen LogP contribution in [-0.2, 0) is 26.4 Å². The first kappa shape index (κ1) is 14.8. The molecule has 2 rings (SSSR count). The molecule has 0 aliphatic heterocycles. The van der Waals surface area contributed by atoms with E-state index in [9.17, 15) is 0 Å². The lowest BCUT2D eigenvalue weighted by Gasteiger charge is -2.16. The van der Waals surface area contributed by atoms with Crippen molar-refractivity contribution in [3.63, 3.8) is 0 Å². The van der Waals surface area contributed by atoms with Crippen molar-refractivity contribution >= 4 is 0 Å². The van der Waals surface area contributed by atoms with Gasteiger partial charge in [0, 0.05) is 43.0 Å². The van der Waals surface area contributed by atoms with E-state index in [0.29, 0.717) is 0 Å². The Hall–Kier alpha value is -1.62. The van der Waals surface area contributed by atoms with Gasteiger partial charge in [-0.3, -0.25) is 9.36 Å². The number of nitrogens with one attached hydrogen (secondary N) is 1. The molecule has 1 unspecified atom stereocenters. The normalized spacial score (nSPS) is 12.8. The zero-order chi connectivity index (χ0) is 14.7. The third-order valence-corrected chi connectivity index (χ3v) is 3.99. The molecule has 0 saturated heterocycles. The topological polar surface area (TPSA) is 47.7 Å². The Balaban J connectivity index is 2.26. The Bertz CT molecular complexity index is 567. The summed E-state index contributed by atoms with van der Waals surface area (Å²) in [7, 11) is 3.99. The van der Waals surface area contributed by atoms with Gasteiger partial charge in [-0.15, -0.1) is 0 Å². The zero-order valence-electron chi connectivity index (χ0n) is 13.1. The minimum Gasteiger partial charge on any atom is -0.313 e. The molecule has 2 aromatic heterocycles. The highest BCUT2D eigenvalue weighted by atomic mass is 15.3. The van der Waals surface area contributed by atoms with E-state index in [1.165, 1.54) is 22.6 Å². The molecule has 0 aromatic carbocycles. The smallest absolute Gasteiger partial charge is 0.0624 e. The summed E-state index contributed by atoms with van der Waals surface area (Å²) in [6.07, 6.45) is 3.88. The van der Waals surface area contributed by atoms with Crippen LogP contribution in [0.1, 0.15) is 42.5 Å². The number of aryl methyl sites for hydroxylation is 3. The molecule has 0 aliphatic carbocycles. The molecule has 1 atom stereocenters. The highest BCUT2D eigenvalue weighted by molar-refractivity contribution is 5.23. The van der Waals surface area contributed by atoms with E-state index in [2.05, 4.69) is 47.0 Å². The second kappa shape index (κ2) is 6.22. The Morgan fingerprint density at radius 2 is 2.10 bits per heavy atom. The molecule has 0 saturated carbocycles. The lowest BCUT2D eigenvalue weighted by Crippen LogP contribution is -2.21. The average molecular weight is 275 g/mol. The van der Waals surface area contributed by atoms with Crippen LogP contribution in [0.3, 0.4) is 0 Å². The predicted molar refractivity (Wildman–Crippen MR) is 80.7 cm³/mol. The Morgan fingerprint density at radius 1 is 1.35 bits per heavy atom. The summed E-state index contributed by atoms with van der Waals surface area (Å²) < 4.78 is 4.03. The van der Waals surface area contributed by atoms with Crippen LogP contribution in [-0.4, -0.2) is 26.6 Å². The van der Waals surface area contributed by atoms with Gasteiger partial charge in [0.05, 0.1) is 11.9 Å². The highest BCUT2D eigenvalue weighted by Gasteiger charge is 2.18. The minimum absolute atomic E-state index is 0.274. The summed E-state index contributed by atoms with van der Waals surface area (Å²) in [5.74, 6) is 0. The number of likely N-dealkylation sites (N-methyl/N-ethyl adjacent to an activating group) is 1. The van der Waals surface area contributed by atoms with Crippen molar-refractivity contribution in [1.29, 1.82) is 0 Å². The van der Waals surface area contributed by atoms with Crippen molar-refractivity contribution in [3.05, 3.63) is 34.9 Å². The van der Waals surface area contributed by atoms with Crippen LogP contribution in [0.4, 0.5) is 0 Å². The minimum atomic E-state index is 0.274. The highest BCUT2D eigenvalue weighted by Crippen LogP contribution is 2.21. The van der Waals surface area contributed by atoms with Gasteiger partial charge in [-0.25, -0.2) is 0 Å².